The van der Waals surface area contributed by atoms with Crippen LogP contribution in [-0.2, 0) is 4.79 Å². The molecule has 2 heteroatoms. The van der Waals surface area contributed by atoms with Crippen molar-refractivity contribution in [1.82, 2.24) is 5.32 Å². The summed E-state index contributed by atoms with van der Waals surface area (Å²) in [6.45, 7) is 2.90. The highest BCUT2D eigenvalue weighted by Gasteiger charge is 2.50. The zero-order valence-corrected chi connectivity index (χ0v) is 10.3. The van der Waals surface area contributed by atoms with Gasteiger partial charge in [-0.05, 0) is 61.7 Å². The molecule has 0 spiro atoms. The van der Waals surface area contributed by atoms with E-state index >= 15 is 0 Å². The van der Waals surface area contributed by atoms with E-state index in [1.807, 2.05) is 6.92 Å². The van der Waals surface area contributed by atoms with E-state index in [2.05, 4.69) is 5.32 Å². The number of carbonyl (C=O) groups excluding carboxylic acids is 1. The molecule has 0 saturated heterocycles. The zero-order chi connectivity index (χ0) is 11.2. The molecule has 0 aromatic heterocycles. The van der Waals surface area contributed by atoms with Gasteiger partial charge in [-0.3, -0.25) is 4.79 Å². The van der Waals surface area contributed by atoms with Gasteiger partial charge in [-0.15, -0.1) is 0 Å². The van der Waals surface area contributed by atoms with Crippen molar-refractivity contribution in [2.24, 2.45) is 23.2 Å². The van der Waals surface area contributed by atoms with Gasteiger partial charge in [0.05, 0.1) is 0 Å². The van der Waals surface area contributed by atoms with E-state index < -0.39 is 0 Å². The van der Waals surface area contributed by atoms with Crippen LogP contribution in [0.4, 0.5) is 0 Å². The molecule has 1 amide bonds. The number of nitrogens with one attached hydrogen (secondary N) is 1. The summed E-state index contributed by atoms with van der Waals surface area (Å²) in [6.07, 6.45) is 9.27. The van der Waals surface area contributed by atoms with Crippen molar-refractivity contribution in [2.45, 2.75) is 51.9 Å². The summed E-state index contributed by atoms with van der Waals surface area (Å²) >= 11 is 0. The molecule has 0 aromatic carbocycles. The van der Waals surface area contributed by atoms with Gasteiger partial charge in [0.2, 0.25) is 5.91 Å². The normalized spacial score (nSPS) is 44.7. The Kier molecular flexibility index (Phi) is 2.49. The van der Waals surface area contributed by atoms with Crippen LogP contribution in [0.5, 0.6) is 0 Å². The minimum atomic E-state index is 0.232. The fourth-order valence-electron chi connectivity index (χ4n) is 4.92. The van der Waals surface area contributed by atoms with Crippen molar-refractivity contribution in [2.75, 3.05) is 6.54 Å². The Labute approximate surface area is 98.2 Å². The smallest absolute Gasteiger partial charge is 0.219 e. The second-order valence-corrected chi connectivity index (χ2v) is 6.55. The van der Waals surface area contributed by atoms with Gasteiger partial charge in [0.15, 0.2) is 0 Å². The third-order valence-electron chi connectivity index (χ3n) is 5.15. The van der Waals surface area contributed by atoms with Crippen molar-refractivity contribution in [3.8, 4) is 0 Å². The van der Waals surface area contributed by atoms with Gasteiger partial charge in [0.25, 0.3) is 0 Å². The van der Waals surface area contributed by atoms with Crippen LogP contribution < -0.4 is 5.32 Å². The highest BCUT2D eigenvalue weighted by atomic mass is 16.1. The van der Waals surface area contributed by atoms with Gasteiger partial charge in [-0.1, -0.05) is 6.92 Å². The lowest BCUT2D eigenvalue weighted by atomic mass is 9.49. The maximum atomic E-state index is 11.4. The summed E-state index contributed by atoms with van der Waals surface area (Å²) in [5.74, 6) is 3.20. The van der Waals surface area contributed by atoms with Gasteiger partial charge in [-0.25, -0.2) is 0 Å². The maximum absolute atomic E-state index is 11.4. The molecule has 16 heavy (non-hydrogen) atoms. The van der Waals surface area contributed by atoms with Crippen molar-refractivity contribution >= 4 is 5.91 Å². The molecule has 4 aliphatic rings. The van der Waals surface area contributed by atoms with Gasteiger partial charge in [0, 0.05) is 13.0 Å². The van der Waals surface area contributed by atoms with Crippen molar-refractivity contribution in [3.05, 3.63) is 0 Å². The Morgan fingerprint density at radius 1 is 1.12 bits per heavy atom. The van der Waals surface area contributed by atoms with Gasteiger partial charge in [-0.2, -0.15) is 0 Å². The summed E-state index contributed by atoms with van der Waals surface area (Å²) in [7, 11) is 0. The standard InChI is InChI=1S/C14H23NO/c1-2-13(16)15-9-14-6-10-3-11(7-14)5-12(4-10)8-14/h10-12H,2-9H2,1H3,(H,15,16). The predicted octanol–water partition coefficient (Wildman–Crippen LogP) is 2.73. The first-order valence-electron chi connectivity index (χ1n) is 6.96. The molecule has 0 aliphatic heterocycles. The van der Waals surface area contributed by atoms with Crippen molar-refractivity contribution in [3.63, 3.8) is 0 Å². The van der Waals surface area contributed by atoms with Crippen molar-refractivity contribution < 1.29 is 4.79 Å². The van der Waals surface area contributed by atoms with Crippen molar-refractivity contribution in [1.29, 1.82) is 0 Å². The van der Waals surface area contributed by atoms with E-state index in [1.54, 1.807) is 0 Å². The number of rotatable bonds is 3. The van der Waals surface area contributed by atoms with Crippen LogP contribution in [0, 0.1) is 23.2 Å². The third-order valence-corrected chi connectivity index (χ3v) is 5.15. The van der Waals surface area contributed by atoms with Crippen LogP contribution in [0.25, 0.3) is 0 Å². The Morgan fingerprint density at radius 3 is 2.06 bits per heavy atom. The molecule has 0 radical (unpaired) electrons. The molecule has 4 fully saturated rings. The average Bonchev–Trinajstić information content (AvgIpc) is 2.24. The number of hydrogen-bond acceptors (Lipinski definition) is 1. The van der Waals surface area contributed by atoms with Gasteiger partial charge >= 0.3 is 0 Å². The summed E-state index contributed by atoms with van der Waals surface area (Å²) in [5, 5.41) is 3.15. The second kappa shape index (κ2) is 3.75. The van der Waals surface area contributed by atoms with E-state index in [0.29, 0.717) is 11.8 Å². The molecule has 0 atom stereocenters. The molecule has 0 aromatic rings. The lowest BCUT2D eigenvalue weighted by Gasteiger charge is -2.56. The Bertz CT molecular complexity index is 262. The molecule has 1 N–H and O–H groups in total. The van der Waals surface area contributed by atoms with Gasteiger partial charge in [0.1, 0.15) is 0 Å². The molecule has 4 bridgehead atoms. The fraction of sp³-hybridized carbons (Fsp3) is 0.929. The van der Waals surface area contributed by atoms with Crippen LogP contribution in [0.1, 0.15) is 51.9 Å². The highest BCUT2D eigenvalue weighted by molar-refractivity contribution is 5.75. The van der Waals surface area contributed by atoms with Gasteiger partial charge < -0.3 is 5.32 Å². The topological polar surface area (TPSA) is 29.1 Å². The summed E-state index contributed by atoms with van der Waals surface area (Å²) in [6, 6.07) is 0. The molecule has 4 rings (SSSR count). The molecule has 2 nitrogen and oxygen atoms in total. The Balaban J connectivity index is 1.67. The minimum Gasteiger partial charge on any atom is -0.356 e. The Hall–Kier alpha value is -0.530. The Morgan fingerprint density at radius 2 is 1.62 bits per heavy atom. The highest BCUT2D eigenvalue weighted by Crippen LogP contribution is 2.59. The van der Waals surface area contributed by atoms with E-state index in [-0.39, 0.29) is 5.91 Å². The molecule has 0 unspecified atom stereocenters. The monoisotopic (exact) mass is 221 g/mol. The van der Waals surface area contributed by atoms with E-state index in [9.17, 15) is 4.79 Å². The maximum Gasteiger partial charge on any atom is 0.219 e. The minimum absolute atomic E-state index is 0.232. The fourth-order valence-corrected chi connectivity index (χ4v) is 4.92. The van der Waals surface area contributed by atoms with E-state index in [1.165, 1.54) is 38.5 Å². The quantitative estimate of drug-likeness (QED) is 0.780. The lowest BCUT2D eigenvalue weighted by Crippen LogP contribution is -2.51. The summed E-state index contributed by atoms with van der Waals surface area (Å²) in [4.78, 5) is 11.4. The molecule has 90 valence electrons. The molecule has 0 heterocycles. The third kappa shape index (κ3) is 1.76. The van der Waals surface area contributed by atoms with Crippen LogP contribution in [0.15, 0.2) is 0 Å². The van der Waals surface area contributed by atoms with E-state index in [4.69, 9.17) is 0 Å². The van der Waals surface area contributed by atoms with Crippen LogP contribution >= 0.6 is 0 Å². The molecular weight excluding hydrogens is 198 g/mol. The molecular formula is C14H23NO. The zero-order valence-electron chi connectivity index (χ0n) is 10.3. The molecule has 4 aliphatic carbocycles. The van der Waals surface area contributed by atoms with Crippen LogP contribution in [0.3, 0.4) is 0 Å². The van der Waals surface area contributed by atoms with Crippen LogP contribution in [0.2, 0.25) is 0 Å². The number of amides is 1. The number of carbonyl (C=O) groups is 1. The first-order chi connectivity index (χ1) is 7.69. The summed E-state index contributed by atoms with van der Waals surface area (Å²) in [5.41, 5.74) is 0.500. The SMILES string of the molecule is CCC(=O)NCC12CC3CC(CC(C3)C1)C2. The first kappa shape index (κ1) is 10.6. The molecule has 4 saturated carbocycles. The van der Waals surface area contributed by atoms with Crippen LogP contribution in [-0.4, -0.2) is 12.5 Å². The predicted molar refractivity (Wildman–Crippen MR) is 63.9 cm³/mol. The largest absolute Gasteiger partial charge is 0.356 e. The lowest BCUT2D eigenvalue weighted by molar-refractivity contribution is -0.122. The average molecular weight is 221 g/mol. The number of hydrogen-bond donors (Lipinski definition) is 1. The van der Waals surface area contributed by atoms with E-state index in [0.717, 1.165) is 24.3 Å². The second-order valence-electron chi connectivity index (χ2n) is 6.55. The summed E-state index contributed by atoms with van der Waals surface area (Å²) < 4.78 is 0. The first-order valence-corrected chi connectivity index (χ1v) is 6.96.